The van der Waals surface area contributed by atoms with E-state index in [4.69, 9.17) is 9.84 Å². The molecule has 0 unspecified atom stereocenters. The summed E-state index contributed by atoms with van der Waals surface area (Å²) in [6.45, 7) is 4.51. The maximum atomic E-state index is 6.35. The zero-order valence-corrected chi connectivity index (χ0v) is 15.5. The molecule has 138 valence electrons. The van der Waals surface area contributed by atoms with E-state index in [1.54, 1.807) is 0 Å². The summed E-state index contributed by atoms with van der Waals surface area (Å²) in [6, 6.07) is 12.2. The molecule has 2 aromatic heterocycles. The molecule has 0 amide bonds. The fraction of sp³-hybridized carbons (Fsp3) is 0.381. The molecule has 1 fully saturated rings. The summed E-state index contributed by atoms with van der Waals surface area (Å²) in [5.41, 5.74) is 4.23. The second-order valence-corrected chi connectivity index (χ2v) is 7.36. The van der Waals surface area contributed by atoms with Crippen LogP contribution in [-0.4, -0.2) is 39.4 Å². The van der Waals surface area contributed by atoms with E-state index in [9.17, 15) is 0 Å². The van der Waals surface area contributed by atoms with Crippen molar-refractivity contribution in [2.24, 2.45) is 0 Å². The predicted octanol–water partition coefficient (Wildman–Crippen LogP) is 3.04. The van der Waals surface area contributed by atoms with Crippen molar-refractivity contribution in [3.63, 3.8) is 0 Å². The molecule has 0 saturated carbocycles. The molecule has 27 heavy (non-hydrogen) atoms. The molecule has 6 nitrogen and oxygen atoms in total. The quantitative estimate of drug-likeness (QED) is 0.702. The number of nitrogens with zero attached hydrogens (tertiary/aromatic N) is 5. The highest BCUT2D eigenvalue weighted by atomic mass is 16.5. The Hall–Kier alpha value is -2.73. The van der Waals surface area contributed by atoms with Gasteiger partial charge in [-0.3, -0.25) is 0 Å². The van der Waals surface area contributed by atoms with Crippen molar-refractivity contribution < 1.29 is 4.74 Å². The molecule has 2 aliphatic heterocycles. The van der Waals surface area contributed by atoms with Crippen molar-refractivity contribution in [1.82, 2.24) is 19.7 Å². The van der Waals surface area contributed by atoms with E-state index in [0.717, 1.165) is 62.0 Å². The minimum Gasteiger partial charge on any atom is -0.368 e. The number of hydrogen-bond donors (Lipinski definition) is 0. The van der Waals surface area contributed by atoms with Crippen LogP contribution in [0.25, 0.3) is 5.69 Å². The largest absolute Gasteiger partial charge is 0.368 e. The van der Waals surface area contributed by atoms with Crippen LogP contribution < -0.4 is 4.90 Å². The van der Waals surface area contributed by atoms with Crippen molar-refractivity contribution in [3.8, 4) is 5.69 Å². The lowest BCUT2D eigenvalue weighted by Crippen LogP contribution is -2.47. The van der Waals surface area contributed by atoms with Gasteiger partial charge in [0.25, 0.3) is 0 Å². The Bertz CT molecular complexity index is 944. The van der Waals surface area contributed by atoms with Crippen LogP contribution in [0.1, 0.15) is 29.8 Å². The number of fused-ring (bicyclic) bond motifs is 2. The topological polar surface area (TPSA) is 56.1 Å². The number of rotatable bonds is 2. The fourth-order valence-corrected chi connectivity index (χ4v) is 4.15. The van der Waals surface area contributed by atoms with Gasteiger partial charge < -0.3 is 9.64 Å². The van der Waals surface area contributed by atoms with Gasteiger partial charge in [0.15, 0.2) is 0 Å². The number of ether oxygens (including phenoxy) is 1. The van der Waals surface area contributed by atoms with Crippen molar-refractivity contribution >= 4 is 5.95 Å². The Kier molecular flexibility index (Phi) is 3.93. The van der Waals surface area contributed by atoms with Crippen LogP contribution in [0.5, 0.6) is 0 Å². The molecule has 0 N–H and O–H groups in total. The molecule has 3 aromatic rings. The van der Waals surface area contributed by atoms with Gasteiger partial charge in [0.2, 0.25) is 5.95 Å². The Morgan fingerprint density at radius 3 is 2.67 bits per heavy atom. The molecule has 0 radical (unpaired) electrons. The first kappa shape index (κ1) is 16.4. The molecule has 6 heteroatoms. The van der Waals surface area contributed by atoms with Gasteiger partial charge in [0, 0.05) is 31.2 Å². The van der Waals surface area contributed by atoms with Gasteiger partial charge in [-0.1, -0.05) is 18.2 Å². The Morgan fingerprint density at radius 1 is 1.07 bits per heavy atom. The van der Waals surface area contributed by atoms with Crippen LogP contribution >= 0.6 is 0 Å². The third-order valence-corrected chi connectivity index (χ3v) is 5.63. The Balaban J connectivity index is 1.42. The number of benzene rings is 1. The number of aromatic nitrogens is 4. The Labute approximate surface area is 158 Å². The highest BCUT2D eigenvalue weighted by Crippen LogP contribution is 2.41. The van der Waals surface area contributed by atoms with E-state index in [2.05, 4.69) is 33.2 Å². The lowest BCUT2D eigenvalue weighted by Gasteiger charge is -2.43. The van der Waals surface area contributed by atoms with Crippen LogP contribution in [-0.2, 0) is 16.8 Å². The summed E-state index contributed by atoms with van der Waals surface area (Å²) in [6.07, 6.45) is 6.74. The monoisotopic (exact) mass is 361 g/mol. The van der Waals surface area contributed by atoms with Gasteiger partial charge in [0.1, 0.15) is 5.60 Å². The van der Waals surface area contributed by atoms with E-state index in [1.165, 1.54) is 5.56 Å². The molecule has 0 bridgehead atoms. The molecule has 0 aliphatic carbocycles. The van der Waals surface area contributed by atoms with Crippen LogP contribution in [0.4, 0.5) is 5.95 Å². The summed E-state index contributed by atoms with van der Waals surface area (Å²) >= 11 is 0. The van der Waals surface area contributed by atoms with E-state index < -0.39 is 0 Å². The highest BCUT2D eigenvalue weighted by molar-refractivity contribution is 5.37. The van der Waals surface area contributed by atoms with Crippen LogP contribution in [0.2, 0.25) is 0 Å². The average Bonchev–Trinajstić information content (AvgIpc) is 3.15. The third kappa shape index (κ3) is 2.90. The van der Waals surface area contributed by atoms with Crippen LogP contribution in [0.3, 0.4) is 0 Å². The number of aryl methyl sites for hydroxylation is 1. The van der Waals surface area contributed by atoms with Crippen LogP contribution in [0.15, 0.2) is 48.8 Å². The first-order chi connectivity index (χ1) is 13.2. The zero-order chi connectivity index (χ0) is 18.3. The molecule has 4 heterocycles. The van der Waals surface area contributed by atoms with Gasteiger partial charge in [0.05, 0.1) is 18.0 Å². The molecule has 1 spiro atoms. The normalized spacial score (nSPS) is 18.5. The molecule has 5 rings (SSSR count). The smallest absolute Gasteiger partial charge is 0.225 e. The summed E-state index contributed by atoms with van der Waals surface area (Å²) in [4.78, 5) is 11.3. The first-order valence-corrected chi connectivity index (χ1v) is 9.57. The minimum absolute atomic E-state index is 0.284. The molecule has 2 aliphatic rings. The van der Waals surface area contributed by atoms with E-state index in [1.807, 2.05) is 42.1 Å². The van der Waals surface area contributed by atoms with Crippen molar-refractivity contribution in [2.75, 3.05) is 24.6 Å². The lowest BCUT2D eigenvalue weighted by atomic mass is 9.84. The minimum atomic E-state index is -0.284. The Morgan fingerprint density at radius 2 is 1.89 bits per heavy atom. The molecular formula is C21H23N5O. The van der Waals surface area contributed by atoms with E-state index >= 15 is 0 Å². The standard InChI is InChI=1S/C21H23N5O/c1-16-7-11-22-20(23-16)25-12-9-21(10-13-25)19-17(8-14-27-21)15-26(24-19)18-5-3-2-4-6-18/h2-7,11,15H,8-10,12-14H2,1H3. The summed E-state index contributed by atoms with van der Waals surface area (Å²) < 4.78 is 8.34. The highest BCUT2D eigenvalue weighted by Gasteiger charge is 2.43. The number of hydrogen-bond acceptors (Lipinski definition) is 5. The van der Waals surface area contributed by atoms with Gasteiger partial charge in [-0.15, -0.1) is 0 Å². The van der Waals surface area contributed by atoms with Crippen molar-refractivity contribution in [2.45, 2.75) is 31.8 Å². The van der Waals surface area contributed by atoms with Gasteiger partial charge in [-0.2, -0.15) is 5.10 Å². The van der Waals surface area contributed by atoms with Gasteiger partial charge in [-0.25, -0.2) is 14.6 Å². The third-order valence-electron chi connectivity index (χ3n) is 5.63. The number of para-hydroxylation sites is 1. The molecule has 1 aromatic carbocycles. The maximum Gasteiger partial charge on any atom is 0.225 e. The van der Waals surface area contributed by atoms with E-state index in [-0.39, 0.29) is 5.60 Å². The molecule has 0 atom stereocenters. The second-order valence-electron chi connectivity index (χ2n) is 7.36. The van der Waals surface area contributed by atoms with Gasteiger partial charge >= 0.3 is 0 Å². The van der Waals surface area contributed by atoms with Crippen LogP contribution in [0, 0.1) is 6.92 Å². The maximum absolute atomic E-state index is 6.35. The SMILES string of the molecule is Cc1ccnc(N2CCC3(CC2)OCCc2cn(-c4ccccc4)nc23)n1. The lowest BCUT2D eigenvalue weighted by molar-refractivity contribution is -0.0798. The second kappa shape index (κ2) is 6.46. The van der Waals surface area contributed by atoms with Crippen molar-refractivity contribution in [3.05, 3.63) is 65.7 Å². The summed E-state index contributed by atoms with van der Waals surface area (Å²) in [5, 5.41) is 4.95. The number of piperidine rings is 1. The predicted molar refractivity (Wildman–Crippen MR) is 103 cm³/mol. The first-order valence-electron chi connectivity index (χ1n) is 9.57. The van der Waals surface area contributed by atoms with Crippen molar-refractivity contribution in [1.29, 1.82) is 0 Å². The van der Waals surface area contributed by atoms with Gasteiger partial charge in [-0.05, 0) is 49.9 Å². The molecule has 1 saturated heterocycles. The van der Waals surface area contributed by atoms with E-state index in [0.29, 0.717) is 0 Å². The fourth-order valence-electron chi connectivity index (χ4n) is 4.15. The zero-order valence-electron chi connectivity index (χ0n) is 15.5. The molecular weight excluding hydrogens is 338 g/mol. The summed E-state index contributed by atoms with van der Waals surface area (Å²) in [7, 11) is 0. The number of anilines is 1. The summed E-state index contributed by atoms with van der Waals surface area (Å²) in [5.74, 6) is 0.815. The average molecular weight is 361 g/mol.